The molecule has 1 heterocycles. The fourth-order valence-corrected chi connectivity index (χ4v) is 2.37. The van der Waals surface area contributed by atoms with Crippen molar-refractivity contribution in [3.8, 4) is 0 Å². The maximum atomic E-state index is 3.89. The number of hydrogen-bond acceptors (Lipinski definition) is 0. The fraction of sp³-hybridized carbons (Fsp3) is 0.308. The molecule has 0 atom stereocenters. The molecule has 72 valence electrons. The molecule has 1 aliphatic rings. The minimum atomic E-state index is 0.0904. The van der Waals surface area contributed by atoms with Gasteiger partial charge in [-0.3, -0.25) is 0 Å². The molecule has 0 radical (unpaired) electrons. The summed E-state index contributed by atoms with van der Waals surface area (Å²) in [5.74, 6) is 0. The highest BCUT2D eigenvalue weighted by atomic mass is 15.0. The van der Waals surface area contributed by atoms with E-state index in [1.807, 2.05) is 6.08 Å². The van der Waals surface area contributed by atoms with Gasteiger partial charge in [0.1, 0.15) is 7.05 Å². The molecule has 1 nitrogen and oxygen atoms in total. The topological polar surface area (TPSA) is 3.01 Å². The summed E-state index contributed by atoms with van der Waals surface area (Å²) in [4.78, 5) is 0. The van der Waals surface area contributed by atoms with Crippen molar-refractivity contribution in [2.75, 3.05) is 7.05 Å². The van der Waals surface area contributed by atoms with E-state index in [1.165, 1.54) is 17.0 Å². The van der Waals surface area contributed by atoms with Crippen molar-refractivity contribution >= 4 is 11.4 Å². The van der Waals surface area contributed by atoms with Gasteiger partial charge in [0.2, 0.25) is 5.69 Å². The Morgan fingerprint density at radius 1 is 1.29 bits per heavy atom. The van der Waals surface area contributed by atoms with Crippen LogP contribution in [0.3, 0.4) is 0 Å². The molecular weight excluding hydrogens is 170 g/mol. The lowest BCUT2D eigenvalue weighted by atomic mass is 9.82. The number of hydrogen-bond donors (Lipinski definition) is 0. The highest BCUT2D eigenvalue weighted by molar-refractivity contribution is 6.02. The Bertz CT molecular complexity index is 425. The molecule has 0 fully saturated rings. The quantitative estimate of drug-likeness (QED) is 0.593. The van der Waals surface area contributed by atoms with Gasteiger partial charge < -0.3 is 0 Å². The van der Waals surface area contributed by atoms with Crippen LogP contribution in [0, 0.1) is 0 Å². The van der Waals surface area contributed by atoms with Gasteiger partial charge in [0, 0.05) is 11.6 Å². The first kappa shape index (κ1) is 9.20. The molecule has 0 spiro atoms. The van der Waals surface area contributed by atoms with Crippen molar-refractivity contribution in [3.63, 3.8) is 0 Å². The highest BCUT2D eigenvalue weighted by Crippen LogP contribution is 2.38. The van der Waals surface area contributed by atoms with Gasteiger partial charge in [0.05, 0.1) is 5.41 Å². The van der Waals surface area contributed by atoms with Crippen molar-refractivity contribution in [1.82, 2.24) is 0 Å². The van der Waals surface area contributed by atoms with Crippen molar-refractivity contribution < 1.29 is 4.58 Å². The lowest BCUT2D eigenvalue weighted by molar-refractivity contribution is -0.401. The molecule has 2 rings (SSSR count). The standard InChI is InChI=1S/C13H16N/c1-5-12-13(2,3)10-8-6-7-9-11(10)14(12)4/h5-9H,1H2,2-4H3/q+1. The van der Waals surface area contributed by atoms with E-state index in [-0.39, 0.29) is 5.41 Å². The summed E-state index contributed by atoms with van der Waals surface area (Å²) in [6.07, 6.45) is 1.96. The maximum absolute atomic E-state index is 3.89. The minimum Gasteiger partial charge on any atom is -0.198 e. The Balaban J connectivity index is 2.74. The van der Waals surface area contributed by atoms with Crippen LogP contribution in [-0.2, 0) is 5.41 Å². The second-order valence-electron chi connectivity index (χ2n) is 4.29. The van der Waals surface area contributed by atoms with E-state index in [9.17, 15) is 0 Å². The molecule has 0 N–H and O–H groups in total. The van der Waals surface area contributed by atoms with Gasteiger partial charge in [-0.15, -0.1) is 0 Å². The molecule has 0 saturated carbocycles. The van der Waals surface area contributed by atoms with E-state index < -0.39 is 0 Å². The second-order valence-corrected chi connectivity index (χ2v) is 4.29. The summed E-state index contributed by atoms with van der Waals surface area (Å²) in [7, 11) is 2.10. The fourth-order valence-electron chi connectivity index (χ4n) is 2.37. The number of para-hydroxylation sites is 1. The molecule has 1 heteroatoms. The van der Waals surface area contributed by atoms with Gasteiger partial charge in [-0.1, -0.05) is 24.8 Å². The average Bonchev–Trinajstić information content (AvgIpc) is 2.36. The molecule has 1 aromatic rings. The number of benzene rings is 1. The third-order valence-electron chi connectivity index (χ3n) is 3.13. The summed E-state index contributed by atoms with van der Waals surface area (Å²) in [6, 6.07) is 8.54. The Morgan fingerprint density at radius 2 is 1.93 bits per heavy atom. The SMILES string of the molecule is C=CC1=[N+](C)c2ccccc2C1(C)C. The van der Waals surface area contributed by atoms with Gasteiger partial charge in [0.25, 0.3) is 0 Å². The molecule has 0 saturated heterocycles. The van der Waals surface area contributed by atoms with Crippen LogP contribution in [0.25, 0.3) is 0 Å². The molecule has 14 heavy (non-hydrogen) atoms. The number of rotatable bonds is 1. The number of nitrogens with zero attached hydrogens (tertiary/aromatic N) is 1. The first-order valence-corrected chi connectivity index (χ1v) is 4.92. The molecule has 0 unspecified atom stereocenters. The van der Waals surface area contributed by atoms with Crippen molar-refractivity contribution in [2.24, 2.45) is 0 Å². The predicted molar refractivity (Wildman–Crippen MR) is 60.5 cm³/mol. The normalized spacial score (nSPS) is 18.2. The van der Waals surface area contributed by atoms with Gasteiger partial charge in [0.15, 0.2) is 5.71 Å². The average molecular weight is 186 g/mol. The largest absolute Gasteiger partial charge is 0.209 e. The molecule has 1 aromatic carbocycles. The predicted octanol–water partition coefficient (Wildman–Crippen LogP) is 2.88. The molecule has 0 bridgehead atoms. The van der Waals surface area contributed by atoms with Crippen LogP contribution < -0.4 is 0 Å². The zero-order chi connectivity index (χ0) is 10.3. The summed E-state index contributed by atoms with van der Waals surface area (Å²) in [5, 5.41) is 0. The Hall–Kier alpha value is -1.37. The van der Waals surface area contributed by atoms with Crippen LogP contribution in [-0.4, -0.2) is 17.3 Å². The van der Waals surface area contributed by atoms with Crippen LogP contribution in [0.2, 0.25) is 0 Å². The Labute approximate surface area is 85.4 Å². The maximum Gasteiger partial charge on any atom is 0.209 e. The minimum absolute atomic E-state index is 0.0904. The van der Waals surface area contributed by atoms with Crippen LogP contribution in [0.5, 0.6) is 0 Å². The molecule has 0 aliphatic carbocycles. The van der Waals surface area contributed by atoms with Gasteiger partial charge in [-0.05, 0) is 19.9 Å². The lowest BCUT2D eigenvalue weighted by Crippen LogP contribution is -2.26. The van der Waals surface area contributed by atoms with Crippen LogP contribution >= 0.6 is 0 Å². The first-order valence-electron chi connectivity index (χ1n) is 4.92. The van der Waals surface area contributed by atoms with E-state index in [4.69, 9.17) is 0 Å². The van der Waals surface area contributed by atoms with E-state index in [1.54, 1.807) is 0 Å². The van der Waals surface area contributed by atoms with Crippen molar-refractivity contribution in [2.45, 2.75) is 19.3 Å². The number of allylic oxidation sites excluding steroid dienone is 1. The lowest BCUT2D eigenvalue weighted by Gasteiger charge is -2.14. The zero-order valence-electron chi connectivity index (χ0n) is 9.04. The number of fused-ring (bicyclic) bond motifs is 1. The highest BCUT2D eigenvalue weighted by Gasteiger charge is 2.42. The van der Waals surface area contributed by atoms with Gasteiger partial charge >= 0.3 is 0 Å². The molecule has 0 amide bonds. The van der Waals surface area contributed by atoms with Gasteiger partial charge in [-0.2, -0.15) is 4.58 Å². The van der Waals surface area contributed by atoms with E-state index in [0.717, 1.165) is 0 Å². The summed E-state index contributed by atoms with van der Waals surface area (Å²) in [6.45, 7) is 8.38. The third kappa shape index (κ3) is 0.985. The van der Waals surface area contributed by atoms with Gasteiger partial charge in [-0.25, -0.2) is 0 Å². The van der Waals surface area contributed by atoms with Crippen LogP contribution in [0.1, 0.15) is 19.4 Å². The van der Waals surface area contributed by atoms with E-state index in [2.05, 4.69) is 56.3 Å². The van der Waals surface area contributed by atoms with Crippen molar-refractivity contribution in [1.29, 1.82) is 0 Å². The van der Waals surface area contributed by atoms with Crippen LogP contribution in [0.4, 0.5) is 5.69 Å². The Kier molecular flexibility index (Phi) is 1.84. The summed E-state index contributed by atoms with van der Waals surface area (Å²) < 4.78 is 2.22. The first-order chi connectivity index (χ1) is 6.59. The van der Waals surface area contributed by atoms with E-state index >= 15 is 0 Å². The summed E-state index contributed by atoms with van der Waals surface area (Å²) in [5.41, 5.74) is 4.05. The van der Waals surface area contributed by atoms with Crippen molar-refractivity contribution in [3.05, 3.63) is 42.5 Å². The third-order valence-corrected chi connectivity index (χ3v) is 3.13. The Morgan fingerprint density at radius 3 is 2.50 bits per heavy atom. The monoisotopic (exact) mass is 186 g/mol. The smallest absolute Gasteiger partial charge is 0.198 e. The molecular formula is C13H16N+. The zero-order valence-corrected chi connectivity index (χ0v) is 9.04. The second kappa shape index (κ2) is 2.81. The van der Waals surface area contributed by atoms with E-state index in [0.29, 0.717) is 0 Å². The summed E-state index contributed by atoms with van der Waals surface area (Å²) >= 11 is 0. The van der Waals surface area contributed by atoms with Crippen LogP contribution in [0.15, 0.2) is 36.9 Å². The molecule has 0 aromatic heterocycles. The molecule has 1 aliphatic heterocycles.